The van der Waals surface area contributed by atoms with E-state index in [2.05, 4.69) is 5.32 Å². The standard InChI is InChI=1S/C23H25F3N2O4/c1-3-32-21(30)15-28(14-17-9-11-19(12-10-17)23(24,25)26)20(29)13-16(2)27-22(31)18-7-5-4-6-8-18/h4-12,16H,3,13-15H2,1-2H3,(H,27,31). The summed E-state index contributed by atoms with van der Waals surface area (Å²) in [5, 5.41) is 2.72. The Labute approximate surface area is 184 Å². The fourth-order valence-corrected chi connectivity index (χ4v) is 2.95. The van der Waals surface area contributed by atoms with E-state index in [-0.39, 0.29) is 32.0 Å². The van der Waals surface area contributed by atoms with Crippen molar-refractivity contribution in [1.29, 1.82) is 0 Å². The van der Waals surface area contributed by atoms with Gasteiger partial charge in [0.05, 0.1) is 12.2 Å². The molecule has 0 aliphatic carbocycles. The first kappa shape index (κ1) is 24.9. The maximum atomic E-state index is 12.8. The summed E-state index contributed by atoms with van der Waals surface area (Å²) in [6, 6.07) is 12.3. The predicted molar refractivity (Wildman–Crippen MR) is 111 cm³/mol. The van der Waals surface area contributed by atoms with Crippen LogP contribution in [0.4, 0.5) is 13.2 Å². The van der Waals surface area contributed by atoms with Crippen molar-refractivity contribution in [2.75, 3.05) is 13.2 Å². The number of nitrogens with one attached hydrogen (secondary N) is 1. The molecule has 0 spiro atoms. The van der Waals surface area contributed by atoms with Gasteiger partial charge >= 0.3 is 12.1 Å². The number of amides is 2. The van der Waals surface area contributed by atoms with Crippen molar-refractivity contribution in [2.45, 2.75) is 39.0 Å². The van der Waals surface area contributed by atoms with Crippen molar-refractivity contribution in [3.63, 3.8) is 0 Å². The second-order valence-corrected chi connectivity index (χ2v) is 7.19. The SMILES string of the molecule is CCOC(=O)CN(Cc1ccc(C(F)(F)F)cc1)C(=O)CC(C)NC(=O)c1ccccc1. The van der Waals surface area contributed by atoms with Crippen LogP contribution in [-0.2, 0) is 27.0 Å². The Kier molecular flexibility index (Phi) is 8.80. The number of nitrogens with zero attached hydrogens (tertiary/aromatic N) is 1. The molecule has 2 aromatic rings. The molecule has 6 nitrogen and oxygen atoms in total. The summed E-state index contributed by atoms with van der Waals surface area (Å²) in [6.45, 7) is 2.98. The van der Waals surface area contributed by atoms with Gasteiger partial charge in [-0.25, -0.2) is 0 Å². The van der Waals surface area contributed by atoms with E-state index in [4.69, 9.17) is 4.74 Å². The maximum Gasteiger partial charge on any atom is 0.416 e. The smallest absolute Gasteiger partial charge is 0.416 e. The van der Waals surface area contributed by atoms with Crippen molar-refractivity contribution in [2.24, 2.45) is 0 Å². The predicted octanol–water partition coefficient (Wildman–Crippen LogP) is 3.81. The van der Waals surface area contributed by atoms with Gasteiger partial charge in [-0.3, -0.25) is 14.4 Å². The molecule has 0 aromatic heterocycles. The van der Waals surface area contributed by atoms with Crippen LogP contribution in [-0.4, -0.2) is 41.9 Å². The van der Waals surface area contributed by atoms with Crippen LogP contribution in [0.1, 0.15) is 41.8 Å². The number of alkyl halides is 3. The summed E-state index contributed by atoms with van der Waals surface area (Å²) in [4.78, 5) is 38.2. The average Bonchev–Trinajstić information content (AvgIpc) is 2.73. The lowest BCUT2D eigenvalue weighted by Crippen LogP contribution is -2.41. The molecule has 2 rings (SSSR count). The fraction of sp³-hybridized carbons (Fsp3) is 0.348. The van der Waals surface area contributed by atoms with Gasteiger partial charge in [0.1, 0.15) is 6.54 Å². The summed E-state index contributed by atoms with van der Waals surface area (Å²) < 4.78 is 43.2. The molecule has 0 fully saturated rings. The Bertz CT molecular complexity index is 915. The number of halogens is 3. The van der Waals surface area contributed by atoms with Crippen molar-refractivity contribution < 1.29 is 32.3 Å². The van der Waals surface area contributed by atoms with Gasteiger partial charge in [-0.1, -0.05) is 30.3 Å². The molecular formula is C23H25F3N2O4. The lowest BCUT2D eigenvalue weighted by Gasteiger charge is -2.24. The number of benzene rings is 2. The number of esters is 1. The minimum atomic E-state index is -4.47. The molecule has 32 heavy (non-hydrogen) atoms. The van der Waals surface area contributed by atoms with E-state index in [0.717, 1.165) is 12.1 Å². The van der Waals surface area contributed by atoms with Gasteiger partial charge in [0, 0.05) is 24.6 Å². The number of ether oxygens (including phenoxy) is 1. The number of hydrogen-bond acceptors (Lipinski definition) is 4. The zero-order chi connectivity index (χ0) is 23.7. The minimum absolute atomic E-state index is 0.0743. The van der Waals surface area contributed by atoms with E-state index in [1.54, 1.807) is 44.2 Å². The van der Waals surface area contributed by atoms with E-state index in [9.17, 15) is 27.6 Å². The van der Waals surface area contributed by atoms with Gasteiger partial charge in [-0.2, -0.15) is 13.2 Å². The molecule has 172 valence electrons. The highest BCUT2D eigenvalue weighted by Crippen LogP contribution is 2.29. The number of carbonyl (C=O) groups excluding carboxylic acids is 3. The van der Waals surface area contributed by atoms with Crippen LogP contribution < -0.4 is 5.32 Å². The Morgan fingerprint density at radius 3 is 2.22 bits per heavy atom. The summed E-state index contributed by atoms with van der Waals surface area (Å²) in [7, 11) is 0. The Morgan fingerprint density at radius 2 is 1.66 bits per heavy atom. The molecule has 2 amide bonds. The average molecular weight is 450 g/mol. The van der Waals surface area contributed by atoms with Gasteiger partial charge in [-0.15, -0.1) is 0 Å². The van der Waals surface area contributed by atoms with Crippen molar-refractivity contribution in [3.05, 3.63) is 71.3 Å². The Morgan fingerprint density at radius 1 is 1.03 bits per heavy atom. The zero-order valence-corrected chi connectivity index (χ0v) is 17.8. The molecule has 1 N–H and O–H groups in total. The molecule has 0 aliphatic rings. The monoisotopic (exact) mass is 450 g/mol. The first-order chi connectivity index (χ1) is 15.1. The summed E-state index contributed by atoms with van der Waals surface area (Å²) in [5.74, 6) is -1.42. The summed E-state index contributed by atoms with van der Waals surface area (Å²) in [5.41, 5.74) is 0.0679. The van der Waals surface area contributed by atoms with E-state index < -0.39 is 29.7 Å². The highest BCUT2D eigenvalue weighted by Gasteiger charge is 2.30. The van der Waals surface area contributed by atoms with E-state index in [1.165, 1.54) is 17.0 Å². The molecule has 0 heterocycles. The molecule has 1 unspecified atom stereocenters. The Hall–Kier alpha value is -3.36. The van der Waals surface area contributed by atoms with E-state index >= 15 is 0 Å². The second kappa shape index (κ2) is 11.3. The molecule has 0 aliphatic heterocycles. The van der Waals surface area contributed by atoms with Crippen LogP contribution in [0.15, 0.2) is 54.6 Å². The highest BCUT2D eigenvalue weighted by molar-refractivity contribution is 5.94. The summed E-state index contributed by atoms with van der Waals surface area (Å²) in [6.07, 6.45) is -4.57. The largest absolute Gasteiger partial charge is 0.465 e. The topological polar surface area (TPSA) is 75.7 Å². The number of rotatable bonds is 9. The number of carbonyl (C=O) groups is 3. The van der Waals surface area contributed by atoms with Gasteiger partial charge in [-0.05, 0) is 43.7 Å². The second-order valence-electron chi connectivity index (χ2n) is 7.19. The van der Waals surface area contributed by atoms with Crippen molar-refractivity contribution in [3.8, 4) is 0 Å². The third-order valence-electron chi connectivity index (χ3n) is 4.53. The number of hydrogen-bond donors (Lipinski definition) is 1. The summed E-state index contributed by atoms with van der Waals surface area (Å²) >= 11 is 0. The van der Waals surface area contributed by atoms with E-state index in [0.29, 0.717) is 11.1 Å². The maximum absolute atomic E-state index is 12.8. The quantitative estimate of drug-likeness (QED) is 0.590. The van der Waals surface area contributed by atoms with Crippen molar-refractivity contribution in [1.82, 2.24) is 10.2 Å². The lowest BCUT2D eigenvalue weighted by atomic mass is 10.1. The lowest BCUT2D eigenvalue weighted by molar-refractivity contribution is -0.149. The van der Waals surface area contributed by atoms with Gasteiger partial charge in [0.25, 0.3) is 5.91 Å². The van der Waals surface area contributed by atoms with Gasteiger partial charge < -0.3 is 15.0 Å². The molecule has 0 saturated carbocycles. The third-order valence-corrected chi connectivity index (χ3v) is 4.53. The van der Waals surface area contributed by atoms with Crippen LogP contribution in [0.5, 0.6) is 0 Å². The first-order valence-corrected chi connectivity index (χ1v) is 10.1. The van der Waals surface area contributed by atoms with Crippen LogP contribution in [0.25, 0.3) is 0 Å². The zero-order valence-electron chi connectivity index (χ0n) is 17.8. The molecule has 0 saturated heterocycles. The van der Waals surface area contributed by atoms with Crippen molar-refractivity contribution >= 4 is 17.8 Å². The van der Waals surface area contributed by atoms with E-state index in [1.807, 2.05) is 0 Å². The van der Waals surface area contributed by atoms with Gasteiger partial charge in [0.2, 0.25) is 5.91 Å². The molecule has 9 heteroatoms. The van der Waals surface area contributed by atoms with Crippen LogP contribution >= 0.6 is 0 Å². The third kappa shape index (κ3) is 7.72. The molecule has 0 radical (unpaired) electrons. The first-order valence-electron chi connectivity index (χ1n) is 10.1. The van der Waals surface area contributed by atoms with Gasteiger partial charge in [0.15, 0.2) is 0 Å². The fourth-order valence-electron chi connectivity index (χ4n) is 2.95. The van der Waals surface area contributed by atoms with Crippen LogP contribution in [0, 0.1) is 0 Å². The minimum Gasteiger partial charge on any atom is -0.465 e. The molecule has 1 atom stereocenters. The molecule has 0 bridgehead atoms. The normalized spacial score (nSPS) is 12.0. The van der Waals surface area contributed by atoms with Crippen LogP contribution in [0.3, 0.4) is 0 Å². The molecular weight excluding hydrogens is 425 g/mol. The van der Waals surface area contributed by atoms with Crippen LogP contribution in [0.2, 0.25) is 0 Å². The molecule has 2 aromatic carbocycles. The Balaban J connectivity index is 2.06. The highest BCUT2D eigenvalue weighted by atomic mass is 19.4.